The van der Waals surface area contributed by atoms with Gasteiger partial charge in [-0.15, -0.1) is 11.3 Å². The summed E-state index contributed by atoms with van der Waals surface area (Å²) < 4.78 is 13.1. The summed E-state index contributed by atoms with van der Waals surface area (Å²) >= 11 is 5.22. The molecule has 9 heteroatoms. The fraction of sp³-hybridized carbons (Fsp3) is 0.433. The summed E-state index contributed by atoms with van der Waals surface area (Å²) in [6, 6.07) is 15.6. The van der Waals surface area contributed by atoms with Gasteiger partial charge < -0.3 is 14.4 Å². The first kappa shape index (κ1) is 27.6. The molecule has 0 N–H and O–H groups in total. The van der Waals surface area contributed by atoms with E-state index in [0.29, 0.717) is 32.4 Å². The molecule has 2 aromatic carbocycles. The molecule has 2 aliphatic heterocycles. The molecule has 1 aromatic heterocycles. The van der Waals surface area contributed by atoms with Gasteiger partial charge in [-0.05, 0) is 86.0 Å². The number of hydrogen-bond acceptors (Lipinski definition) is 6. The minimum absolute atomic E-state index is 0.113. The quantitative estimate of drug-likeness (QED) is 0.311. The Morgan fingerprint density at radius 1 is 1.18 bits per heavy atom. The van der Waals surface area contributed by atoms with Crippen molar-refractivity contribution >= 4 is 55.4 Å². The number of carbonyl (C=O) groups excluding carboxylic acids is 3. The van der Waals surface area contributed by atoms with Crippen LogP contribution in [-0.2, 0) is 27.1 Å². The maximum Gasteiger partial charge on any atom is 0.416 e. The van der Waals surface area contributed by atoms with Gasteiger partial charge in [0.1, 0.15) is 12.2 Å². The number of nitrogens with zero attached hydrogens (tertiary/aromatic N) is 2. The summed E-state index contributed by atoms with van der Waals surface area (Å²) in [6.07, 6.45) is 0.709. The molecular formula is C30H33BrN2O5S. The van der Waals surface area contributed by atoms with Crippen LogP contribution >= 0.6 is 27.3 Å². The summed E-state index contributed by atoms with van der Waals surface area (Å²) in [4.78, 5) is 43.0. The van der Waals surface area contributed by atoms with E-state index in [1.807, 2.05) is 57.2 Å². The van der Waals surface area contributed by atoms with Crippen LogP contribution in [0.3, 0.4) is 0 Å². The fourth-order valence-corrected chi connectivity index (χ4v) is 6.78. The first-order valence-corrected chi connectivity index (χ1v) is 14.9. The maximum atomic E-state index is 14.3. The predicted molar refractivity (Wildman–Crippen MR) is 155 cm³/mol. The van der Waals surface area contributed by atoms with Crippen molar-refractivity contribution in [2.75, 3.05) is 19.7 Å². The highest BCUT2D eigenvalue weighted by Crippen LogP contribution is 2.36. The molecule has 3 aromatic rings. The number of carbonyl (C=O) groups is 3. The molecule has 5 rings (SSSR count). The van der Waals surface area contributed by atoms with Crippen molar-refractivity contribution in [3.05, 3.63) is 69.5 Å². The van der Waals surface area contributed by atoms with E-state index in [0.717, 1.165) is 25.7 Å². The van der Waals surface area contributed by atoms with Gasteiger partial charge in [-0.2, -0.15) is 0 Å². The van der Waals surface area contributed by atoms with Crippen molar-refractivity contribution in [3.63, 3.8) is 0 Å². The van der Waals surface area contributed by atoms with Crippen molar-refractivity contribution in [1.29, 1.82) is 0 Å². The molecule has 2 saturated heterocycles. The van der Waals surface area contributed by atoms with Gasteiger partial charge in [0.2, 0.25) is 5.91 Å². The minimum atomic E-state index is -0.600. The summed E-state index contributed by atoms with van der Waals surface area (Å²) in [5.74, 6) is -0.833. The van der Waals surface area contributed by atoms with Gasteiger partial charge in [-0.25, -0.2) is 14.5 Å². The van der Waals surface area contributed by atoms with Crippen LogP contribution in [0.1, 0.15) is 38.3 Å². The molecule has 7 nitrogen and oxygen atoms in total. The fourth-order valence-electron chi connectivity index (χ4n) is 5.46. The lowest BCUT2D eigenvalue weighted by molar-refractivity contribution is -0.135. The Morgan fingerprint density at radius 3 is 2.69 bits per heavy atom. The number of thiophene rings is 1. The van der Waals surface area contributed by atoms with Crippen molar-refractivity contribution < 1.29 is 23.9 Å². The van der Waals surface area contributed by atoms with E-state index >= 15 is 0 Å². The van der Waals surface area contributed by atoms with E-state index in [1.165, 1.54) is 4.90 Å². The van der Waals surface area contributed by atoms with Crippen LogP contribution in [0.2, 0.25) is 0 Å². The average Bonchev–Trinajstić information content (AvgIpc) is 3.61. The Balaban J connectivity index is 1.43. The molecule has 3 atom stereocenters. The molecule has 0 spiro atoms. The van der Waals surface area contributed by atoms with E-state index < -0.39 is 17.6 Å². The van der Waals surface area contributed by atoms with Crippen molar-refractivity contribution in [3.8, 4) is 0 Å². The molecule has 0 saturated carbocycles. The summed E-state index contributed by atoms with van der Waals surface area (Å²) in [6.45, 7) is 6.62. The number of cyclic esters (lactones) is 1. The van der Waals surface area contributed by atoms with Crippen molar-refractivity contribution in [2.45, 2.75) is 51.7 Å². The zero-order valence-corrected chi connectivity index (χ0v) is 24.8. The van der Waals surface area contributed by atoms with Crippen molar-refractivity contribution in [2.24, 2.45) is 11.8 Å². The number of ether oxygens (including phenoxy) is 2. The standard InChI is InChI=1S/C30H33BrN2O5S/c1-30(2,3)38-28(35)32-12-11-20(16-32)25(14-21-18-39-26-10-9-22(31)15-24(21)26)27(34)33-23(17-37-29(33)36)13-19-7-5-4-6-8-19/h4-10,15,18,20,23,25H,11-14,16-17H2,1-3H3/t20-,23+,25-/m0/s1. The molecule has 0 bridgehead atoms. The molecule has 0 radical (unpaired) electrons. The zero-order chi connectivity index (χ0) is 27.7. The number of benzene rings is 2. The molecule has 206 valence electrons. The molecule has 3 heterocycles. The van der Waals surface area contributed by atoms with Gasteiger partial charge in [0.05, 0.1) is 6.04 Å². The van der Waals surface area contributed by atoms with Gasteiger partial charge in [0, 0.05) is 28.2 Å². The molecule has 0 aliphatic carbocycles. The smallest absolute Gasteiger partial charge is 0.416 e. The Labute approximate surface area is 241 Å². The molecule has 3 amide bonds. The van der Waals surface area contributed by atoms with Gasteiger partial charge >= 0.3 is 12.2 Å². The number of amides is 3. The lowest BCUT2D eigenvalue weighted by Crippen LogP contribution is -2.46. The third-order valence-corrected chi connectivity index (χ3v) is 8.84. The first-order valence-electron chi connectivity index (χ1n) is 13.3. The van der Waals surface area contributed by atoms with Crippen molar-refractivity contribution in [1.82, 2.24) is 9.80 Å². The van der Waals surface area contributed by atoms with Gasteiger partial charge in [0.25, 0.3) is 0 Å². The van der Waals surface area contributed by atoms with E-state index in [-0.39, 0.29) is 30.6 Å². The van der Waals surface area contributed by atoms with E-state index in [2.05, 4.69) is 33.4 Å². The number of halogens is 1. The zero-order valence-electron chi connectivity index (χ0n) is 22.4. The molecule has 39 heavy (non-hydrogen) atoms. The third-order valence-electron chi connectivity index (χ3n) is 7.33. The topological polar surface area (TPSA) is 76.2 Å². The molecule has 2 aliphatic rings. The Hall–Kier alpha value is -2.91. The number of likely N-dealkylation sites (tertiary alicyclic amines) is 1. The number of hydrogen-bond donors (Lipinski definition) is 0. The number of fused-ring (bicyclic) bond motifs is 1. The monoisotopic (exact) mass is 612 g/mol. The lowest BCUT2D eigenvalue weighted by Gasteiger charge is -2.29. The Bertz CT molecular complexity index is 1370. The van der Waals surface area contributed by atoms with E-state index in [1.54, 1.807) is 16.2 Å². The number of rotatable bonds is 6. The van der Waals surface area contributed by atoms with Crippen LogP contribution < -0.4 is 0 Å². The van der Waals surface area contributed by atoms with Crippen LogP contribution in [0, 0.1) is 11.8 Å². The summed E-state index contributed by atoms with van der Waals surface area (Å²) in [5.41, 5.74) is 1.51. The Kier molecular flexibility index (Phi) is 8.01. The summed E-state index contributed by atoms with van der Waals surface area (Å²) in [7, 11) is 0. The SMILES string of the molecule is CC(C)(C)OC(=O)N1CC[C@H]([C@H](Cc2csc3ccc(Br)cc23)C(=O)N2C(=O)OC[C@H]2Cc2ccccc2)C1. The van der Waals surface area contributed by atoms with Gasteiger partial charge in [0.15, 0.2) is 0 Å². The van der Waals surface area contributed by atoms with Gasteiger partial charge in [-0.3, -0.25) is 4.79 Å². The normalized spacial score (nSPS) is 20.4. The molecule has 0 unspecified atom stereocenters. The summed E-state index contributed by atoms with van der Waals surface area (Å²) in [5, 5.41) is 3.20. The van der Waals surface area contributed by atoms with Crippen LogP contribution in [0.15, 0.2) is 58.4 Å². The average molecular weight is 614 g/mol. The highest BCUT2D eigenvalue weighted by atomic mass is 79.9. The second kappa shape index (κ2) is 11.3. The van der Waals surface area contributed by atoms with Crippen LogP contribution in [0.4, 0.5) is 9.59 Å². The second-order valence-electron chi connectivity index (χ2n) is 11.3. The minimum Gasteiger partial charge on any atom is -0.447 e. The Morgan fingerprint density at radius 2 is 1.95 bits per heavy atom. The third kappa shape index (κ3) is 6.30. The van der Waals surface area contributed by atoms with Gasteiger partial charge in [-0.1, -0.05) is 46.3 Å². The van der Waals surface area contributed by atoms with Crippen LogP contribution in [0.5, 0.6) is 0 Å². The highest BCUT2D eigenvalue weighted by Gasteiger charge is 2.45. The van der Waals surface area contributed by atoms with Crippen LogP contribution in [0.25, 0.3) is 10.1 Å². The predicted octanol–water partition coefficient (Wildman–Crippen LogP) is 6.67. The first-order chi connectivity index (χ1) is 18.6. The van der Waals surface area contributed by atoms with E-state index in [4.69, 9.17) is 9.47 Å². The lowest BCUT2D eigenvalue weighted by atomic mass is 9.84. The van der Waals surface area contributed by atoms with Crippen LogP contribution in [-0.4, -0.2) is 59.2 Å². The second-order valence-corrected chi connectivity index (χ2v) is 13.1. The number of imide groups is 1. The maximum absolute atomic E-state index is 14.3. The highest BCUT2D eigenvalue weighted by molar-refractivity contribution is 9.10. The van der Waals surface area contributed by atoms with E-state index in [9.17, 15) is 14.4 Å². The largest absolute Gasteiger partial charge is 0.447 e. The molecular weight excluding hydrogens is 580 g/mol. The molecule has 2 fully saturated rings.